The van der Waals surface area contributed by atoms with E-state index in [1.165, 1.54) is 36.5 Å². The first kappa shape index (κ1) is 21.0. The van der Waals surface area contributed by atoms with E-state index < -0.39 is 0 Å². The van der Waals surface area contributed by atoms with Crippen LogP contribution in [0.15, 0.2) is 36.4 Å². The monoisotopic (exact) mass is 368 g/mol. The number of benzene rings is 2. The average Bonchev–Trinajstić information content (AvgIpc) is 2.63. The van der Waals surface area contributed by atoms with E-state index in [1.807, 2.05) is 18.2 Å². The minimum atomic E-state index is -0.290. The summed E-state index contributed by atoms with van der Waals surface area (Å²) in [7, 11) is 1.70. The van der Waals surface area contributed by atoms with Crippen molar-refractivity contribution in [3.05, 3.63) is 58.7 Å². The average molecular weight is 369 g/mol. The Morgan fingerprint density at radius 3 is 2.00 bits per heavy atom. The molecule has 0 heterocycles. The van der Waals surface area contributed by atoms with E-state index >= 15 is 0 Å². The number of hydrogen-bond acceptors (Lipinski definition) is 3. The molecule has 0 fully saturated rings. The highest BCUT2D eigenvalue weighted by atomic mass is 16.5. The summed E-state index contributed by atoms with van der Waals surface area (Å²) in [6.45, 7) is 10.2. The van der Waals surface area contributed by atoms with Crippen LogP contribution in [0.5, 0.6) is 11.5 Å². The predicted molar refractivity (Wildman–Crippen MR) is 111 cm³/mol. The summed E-state index contributed by atoms with van der Waals surface area (Å²) in [6, 6.07) is 12.3. The van der Waals surface area contributed by atoms with Gasteiger partial charge in [-0.05, 0) is 79.1 Å². The number of rotatable bonds is 8. The van der Waals surface area contributed by atoms with Gasteiger partial charge in [0, 0.05) is 12.8 Å². The van der Waals surface area contributed by atoms with Gasteiger partial charge in [0.25, 0.3) is 0 Å². The Kier molecular flexibility index (Phi) is 7.46. The van der Waals surface area contributed by atoms with E-state index in [4.69, 9.17) is 9.47 Å². The van der Waals surface area contributed by atoms with Gasteiger partial charge in [0.1, 0.15) is 11.5 Å². The van der Waals surface area contributed by atoms with Crippen LogP contribution in [0.4, 0.5) is 0 Å². The topological polar surface area (TPSA) is 35.5 Å². The number of carbonyl (C=O) groups excluding carboxylic acids is 1. The van der Waals surface area contributed by atoms with Crippen LogP contribution in [-0.2, 0) is 4.79 Å². The number of hydrogen-bond donors (Lipinski definition) is 0. The Morgan fingerprint density at radius 2 is 1.52 bits per heavy atom. The van der Waals surface area contributed by atoms with Crippen molar-refractivity contribution >= 4 is 5.97 Å². The number of methoxy groups -OCH3 is 1. The molecule has 0 spiro atoms. The lowest BCUT2D eigenvalue weighted by atomic mass is 9.81. The van der Waals surface area contributed by atoms with Crippen molar-refractivity contribution in [2.24, 2.45) is 5.92 Å². The first-order valence-electron chi connectivity index (χ1n) is 9.79. The van der Waals surface area contributed by atoms with Crippen LogP contribution >= 0.6 is 0 Å². The van der Waals surface area contributed by atoms with Gasteiger partial charge in [0.05, 0.1) is 7.11 Å². The molecular weight excluding hydrogens is 336 g/mol. The number of carbonyl (C=O) groups is 1. The summed E-state index contributed by atoms with van der Waals surface area (Å²) in [5.41, 5.74) is 5.02. The maximum absolute atomic E-state index is 11.2. The molecule has 0 N–H and O–H groups in total. The molecule has 0 radical (unpaired) electrons. The van der Waals surface area contributed by atoms with Crippen LogP contribution in [0.1, 0.15) is 68.2 Å². The maximum atomic E-state index is 11.2. The second-order valence-electron chi connectivity index (χ2n) is 7.48. The summed E-state index contributed by atoms with van der Waals surface area (Å²) in [4.78, 5) is 11.2. The number of aryl methyl sites for hydroxylation is 2. The number of esters is 1. The Labute approximate surface area is 163 Å². The molecule has 3 heteroatoms. The molecule has 2 rings (SSSR count). The van der Waals surface area contributed by atoms with Crippen molar-refractivity contribution in [3.63, 3.8) is 0 Å². The minimum Gasteiger partial charge on any atom is -0.497 e. The van der Waals surface area contributed by atoms with Crippen LogP contribution in [0, 0.1) is 19.8 Å². The standard InChI is InChI=1S/C24H32O3/c1-7-16(2)8-11-24(22-12-9-20(26-6)14-17(22)3)23-13-10-21(15-18(23)4)27-19(5)25/h9-10,12-16,24H,7-8,11H2,1-6H3. The van der Waals surface area contributed by atoms with Crippen molar-refractivity contribution in [1.82, 2.24) is 0 Å². The smallest absolute Gasteiger partial charge is 0.308 e. The van der Waals surface area contributed by atoms with Gasteiger partial charge in [-0.25, -0.2) is 0 Å². The lowest BCUT2D eigenvalue weighted by molar-refractivity contribution is -0.131. The van der Waals surface area contributed by atoms with Crippen LogP contribution in [0.3, 0.4) is 0 Å². The fourth-order valence-electron chi connectivity index (χ4n) is 3.57. The van der Waals surface area contributed by atoms with E-state index in [1.54, 1.807) is 7.11 Å². The van der Waals surface area contributed by atoms with E-state index in [0.717, 1.165) is 17.7 Å². The van der Waals surface area contributed by atoms with Gasteiger partial charge < -0.3 is 9.47 Å². The van der Waals surface area contributed by atoms with Crippen molar-refractivity contribution in [2.45, 2.75) is 59.8 Å². The number of ether oxygens (including phenoxy) is 2. The fraction of sp³-hybridized carbons (Fsp3) is 0.458. The Hall–Kier alpha value is -2.29. The predicted octanol–water partition coefficient (Wildman–Crippen LogP) is 6.20. The normalized spacial score (nSPS) is 13.1. The second kappa shape index (κ2) is 9.59. The Bertz CT molecular complexity index is 779. The van der Waals surface area contributed by atoms with Gasteiger partial charge in [-0.2, -0.15) is 0 Å². The van der Waals surface area contributed by atoms with Gasteiger partial charge in [-0.15, -0.1) is 0 Å². The van der Waals surface area contributed by atoms with E-state index in [0.29, 0.717) is 17.6 Å². The first-order chi connectivity index (χ1) is 12.8. The van der Waals surface area contributed by atoms with Crippen molar-refractivity contribution < 1.29 is 14.3 Å². The summed E-state index contributed by atoms with van der Waals surface area (Å²) in [6.07, 6.45) is 3.46. The van der Waals surface area contributed by atoms with Gasteiger partial charge >= 0.3 is 5.97 Å². The molecule has 0 aliphatic rings. The molecule has 2 aromatic rings. The van der Waals surface area contributed by atoms with E-state index in [9.17, 15) is 4.79 Å². The highest BCUT2D eigenvalue weighted by molar-refractivity contribution is 5.69. The van der Waals surface area contributed by atoms with Gasteiger partial charge in [0.15, 0.2) is 0 Å². The summed E-state index contributed by atoms with van der Waals surface area (Å²) >= 11 is 0. The zero-order valence-electron chi connectivity index (χ0n) is 17.5. The zero-order valence-corrected chi connectivity index (χ0v) is 17.5. The molecule has 2 unspecified atom stereocenters. The lowest BCUT2D eigenvalue weighted by Gasteiger charge is -2.24. The molecule has 0 saturated heterocycles. The molecule has 0 aromatic heterocycles. The third-order valence-corrected chi connectivity index (χ3v) is 5.38. The second-order valence-corrected chi connectivity index (χ2v) is 7.48. The molecule has 2 aromatic carbocycles. The molecule has 146 valence electrons. The van der Waals surface area contributed by atoms with E-state index in [-0.39, 0.29) is 5.97 Å². The summed E-state index contributed by atoms with van der Waals surface area (Å²) in [5.74, 6) is 2.22. The largest absolute Gasteiger partial charge is 0.497 e. The van der Waals surface area contributed by atoms with Crippen LogP contribution in [0.2, 0.25) is 0 Å². The van der Waals surface area contributed by atoms with Gasteiger partial charge in [0.2, 0.25) is 0 Å². The third-order valence-electron chi connectivity index (χ3n) is 5.38. The molecule has 0 amide bonds. The van der Waals surface area contributed by atoms with Crippen LogP contribution in [0.25, 0.3) is 0 Å². The molecule has 0 bridgehead atoms. The summed E-state index contributed by atoms with van der Waals surface area (Å²) in [5, 5.41) is 0. The maximum Gasteiger partial charge on any atom is 0.308 e. The van der Waals surface area contributed by atoms with Crippen molar-refractivity contribution in [3.8, 4) is 11.5 Å². The summed E-state index contributed by atoms with van der Waals surface area (Å²) < 4.78 is 10.6. The molecule has 3 nitrogen and oxygen atoms in total. The molecular formula is C24H32O3. The molecule has 0 saturated carbocycles. The van der Waals surface area contributed by atoms with Gasteiger partial charge in [-0.1, -0.05) is 32.4 Å². The van der Waals surface area contributed by atoms with Gasteiger partial charge in [-0.3, -0.25) is 4.79 Å². The van der Waals surface area contributed by atoms with Crippen molar-refractivity contribution in [1.29, 1.82) is 0 Å². The van der Waals surface area contributed by atoms with Crippen LogP contribution in [-0.4, -0.2) is 13.1 Å². The quantitative estimate of drug-likeness (QED) is 0.411. The molecule has 0 aliphatic heterocycles. The Morgan fingerprint density at radius 1 is 0.963 bits per heavy atom. The van der Waals surface area contributed by atoms with Crippen molar-refractivity contribution in [2.75, 3.05) is 7.11 Å². The molecule has 2 atom stereocenters. The fourth-order valence-corrected chi connectivity index (χ4v) is 3.57. The molecule has 0 aliphatic carbocycles. The SMILES string of the molecule is CCC(C)CCC(c1ccc(OC)cc1C)c1ccc(OC(C)=O)cc1C. The molecule has 27 heavy (non-hydrogen) atoms. The first-order valence-corrected chi connectivity index (χ1v) is 9.79. The minimum absolute atomic E-state index is 0.290. The highest BCUT2D eigenvalue weighted by Crippen LogP contribution is 2.37. The lowest BCUT2D eigenvalue weighted by Crippen LogP contribution is -2.08. The zero-order chi connectivity index (χ0) is 20.0. The highest BCUT2D eigenvalue weighted by Gasteiger charge is 2.20. The van der Waals surface area contributed by atoms with E-state index in [2.05, 4.69) is 45.9 Å². The van der Waals surface area contributed by atoms with Crippen LogP contribution < -0.4 is 9.47 Å². The Balaban J connectivity index is 2.42. The third kappa shape index (κ3) is 5.59.